The zero-order valence-corrected chi connectivity index (χ0v) is 12.1. The van der Waals surface area contributed by atoms with Crippen molar-refractivity contribution in [1.82, 2.24) is 5.32 Å². The molecule has 0 aliphatic carbocycles. The zero-order chi connectivity index (χ0) is 12.7. The molecule has 4 nitrogen and oxygen atoms in total. The van der Waals surface area contributed by atoms with E-state index in [1.165, 1.54) is 0 Å². The molecule has 0 heterocycles. The van der Waals surface area contributed by atoms with Crippen LogP contribution in [0.1, 0.15) is 47.5 Å². The topological polar surface area (TPSA) is 47.6 Å². The van der Waals surface area contributed by atoms with Crippen molar-refractivity contribution in [3.8, 4) is 0 Å². The van der Waals surface area contributed by atoms with Crippen molar-refractivity contribution in [2.24, 2.45) is 0 Å². The molecule has 1 N–H and O–H groups in total. The van der Waals surface area contributed by atoms with Gasteiger partial charge in [0.1, 0.15) is 5.28 Å². The van der Waals surface area contributed by atoms with Crippen LogP contribution in [0.3, 0.4) is 0 Å². The van der Waals surface area contributed by atoms with Gasteiger partial charge in [0.25, 0.3) is 0 Å². The SMILES string of the molecule is CCCCNC(C)(C)P(=O)(OCC)OCC. The second-order valence-corrected chi connectivity index (χ2v) is 6.80. The van der Waals surface area contributed by atoms with Crippen LogP contribution in [0.4, 0.5) is 0 Å². The summed E-state index contributed by atoms with van der Waals surface area (Å²) < 4.78 is 23.2. The third-order valence-corrected chi connectivity index (χ3v) is 5.09. The first kappa shape index (κ1) is 16.1. The lowest BCUT2D eigenvalue weighted by molar-refractivity contribution is 0.193. The lowest BCUT2D eigenvalue weighted by Gasteiger charge is -2.33. The monoisotopic (exact) mass is 251 g/mol. The summed E-state index contributed by atoms with van der Waals surface area (Å²) in [4.78, 5) is 0. The van der Waals surface area contributed by atoms with E-state index in [1.807, 2.05) is 27.7 Å². The fourth-order valence-electron chi connectivity index (χ4n) is 1.37. The van der Waals surface area contributed by atoms with Crippen LogP contribution in [0, 0.1) is 0 Å². The van der Waals surface area contributed by atoms with Crippen molar-refractivity contribution in [2.75, 3.05) is 19.8 Å². The van der Waals surface area contributed by atoms with Crippen molar-refractivity contribution in [3.63, 3.8) is 0 Å². The molecule has 0 fully saturated rings. The number of rotatable bonds is 9. The Labute approximate surface area is 99.6 Å². The van der Waals surface area contributed by atoms with Gasteiger partial charge >= 0.3 is 7.60 Å². The summed E-state index contributed by atoms with van der Waals surface area (Å²) in [5, 5.41) is 2.63. The first-order valence-electron chi connectivity index (χ1n) is 6.07. The molecule has 0 unspecified atom stereocenters. The van der Waals surface area contributed by atoms with Crippen molar-refractivity contribution < 1.29 is 13.6 Å². The molecule has 0 bridgehead atoms. The van der Waals surface area contributed by atoms with Gasteiger partial charge in [-0.15, -0.1) is 0 Å². The molecule has 0 saturated heterocycles. The van der Waals surface area contributed by atoms with Gasteiger partial charge in [-0.2, -0.15) is 0 Å². The van der Waals surface area contributed by atoms with Crippen LogP contribution >= 0.6 is 7.60 Å². The quantitative estimate of drug-likeness (QED) is 0.504. The standard InChI is InChI=1S/C11H26NO3P/c1-6-9-10-12-11(4,5)16(13,14-7-2)15-8-3/h12H,6-10H2,1-5H3. The Balaban J connectivity index is 4.54. The van der Waals surface area contributed by atoms with Crippen LogP contribution < -0.4 is 5.32 Å². The Morgan fingerprint density at radius 2 is 1.62 bits per heavy atom. The molecule has 0 spiro atoms. The van der Waals surface area contributed by atoms with Crippen LogP contribution in [0.15, 0.2) is 0 Å². The Morgan fingerprint density at radius 1 is 1.12 bits per heavy atom. The van der Waals surface area contributed by atoms with E-state index in [0.29, 0.717) is 13.2 Å². The summed E-state index contributed by atoms with van der Waals surface area (Å²) in [6.07, 6.45) is 2.17. The number of hydrogen-bond acceptors (Lipinski definition) is 4. The number of unbranched alkanes of at least 4 members (excludes halogenated alkanes) is 1. The lowest BCUT2D eigenvalue weighted by atomic mass is 10.3. The zero-order valence-electron chi connectivity index (χ0n) is 11.2. The molecule has 0 aromatic carbocycles. The minimum absolute atomic E-state index is 0.399. The Kier molecular flexibility index (Phi) is 7.49. The highest BCUT2D eigenvalue weighted by molar-refractivity contribution is 7.55. The summed E-state index contributed by atoms with van der Waals surface area (Å²) in [6.45, 7) is 11.1. The molecule has 0 aliphatic rings. The maximum atomic E-state index is 12.5. The second-order valence-electron chi connectivity index (χ2n) is 4.17. The first-order chi connectivity index (χ1) is 7.43. The lowest BCUT2D eigenvalue weighted by Crippen LogP contribution is -2.40. The van der Waals surface area contributed by atoms with E-state index in [1.54, 1.807) is 0 Å². The fourth-order valence-corrected chi connectivity index (χ4v) is 3.07. The van der Waals surface area contributed by atoms with Crippen molar-refractivity contribution >= 4 is 7.60 Å². The van der Waals surface area contributed by atoms with Gasteiger partial charge in [0.2, 0.25) is 0 Å². The largest absolute Gasteiger partial charge is 0.349 e. The number of hydrogen-bond donors (Lipinski definition) is 1. The number of nitrogens with one attached hydrogen (secondary N) is 1. The van der Waals surface area contributed by atoms with E-state index in [-0.39, 0.29) is 0 Å². The molecule has 0 rings (SSSR count). The molecule has 0 radical (unpaired) electrons. The predicted octanol–water partition coefficient (Wildman–Crippen LogP) is 3.38. The smallest absolute Gasteiger partial charge is 0.308 e. The predicted molar refractivity (Wildman–Crippen MR) is 67.8 cm³/mol. The third-order valence-electron chi connectivity index (χ3n) is 2.37. The van der Waals surface area contributed by atoms with Gasteiger partial charge in [-0.25, -0.2) is 0 Å². The molecular formula is C11H26NO3P. The molecule has 16 heavy (non-hydrogen) atoms. The highest BCUT2D eigenvalue weighted by Crippen LogP contribution is 2.58. The Hall–Kier alpha value is 0.110. The summed E-state index contributed by atoms with van der Waals surface area (Å²) in [5.74, 6) is 0. The Bertz CT molecular complexity index is 221. The summed E-state index contributed by atoms with van der Waals surface area (Å²) in [7, 11) is -3.07. The van der Waals surface area contributed by atoms with E-state index in [9.17, 15) is 4.57 Å². The average Bonchev–Trinajstić information content (AvgIpc) is 2.18. The van der Waals surface area contributed by atoms with Gasteiger partial charge in [0.05, 0.1) is 13.2 Å². The van der Waals surface area contributed by atoms with Gasteiger partial charge in [0, 0.05) is 0 Å². The molecule has 98 valence electrons. The van der Waals surface area contributed by atoms with E-state index in [0.717, 1.165) is 19.4 Å². The Morgan fingerprint density at radius 3 is 2.00 bits per heavy atom. The molecule has 5 heteroatoms. The highest BCUT2D eigenvalue weighted by Gasteiger charge is 2.42. The van der Waals surface area contributed by atoms with Crippen LogP contribution in [-0.4, -0.2) is 25.0 Å². The minimum atomic E-state index is -3.07. The maximum Gasteiger partial charge on any atom is 0.349 e. The summed E-state index contributed by atoms with van der Waals surface area (Å²) >= 11 is 0. The van der Waals surface area contributed by atoms with E-state index >= 15 is 0 Å². The molecule has 0 saturated carbocycles. The molecule has 0 amide bonds. The molecule has 0 aromatic heterocycles. The molecule has 0 atom stereocenters. The van der Waals surface area contributed by atoms with Crippen LogP contribution in [0.5, 0.6) is 0 Å². The molecular weight excluding hydrogens is 225 g/mol. The van der Waals surface area contributed by atoms with Gasteiger partial charge in [-0.1, -0.05) is 13.3 Å². The van der Waals surface area contributed by atoms with E-state index in [4.69, 9.17) is 9.05 Å². The summed E-state index contributed by atoms with van der Waals surface area (Å²) in [5.41, 5.74) is 0. The second kappa shape index (κ2) is 7.44. The van der Waals surface area contributed by atoms with Gasteiger partial charge in [0.15, 0.2) is 0 Å². The highest BCUT2D eigenvalue weighted by atomic mass is 31.2. The van der Waals surface area contributed by atoms with Gasteiger partial charge in [-0.05, 0) is 40.7 Å². The van der Waals surface area contributed by atoms with Crippen molar-refractivity contribution in [3.05, 3.63) is 0 Å². The fraction of sp³-hybridized carbons (Fsp3) is 1.00. The van der Waals surface area contributed by atoms with Gasteiger partial charge < -0.3 is 14.4 Å². The minimum Gasteiger partial charge on any atom is -0.308 e. The first-order valence-corrected chi connectivity index (χ1v) is 7.62. The maximum absolute atomic E-state index is 12.5. The normalized spacial score (nSPS) is 13.1. The molecule has 0 aromatic rings. The van der Waals surface area contributed by atoms with Crippen LogP contribution in [0.25, 0.3) is 0 Å². The van der Waals surface area contributed by atoms with Gasteiger partial charge in [-0.3, -0.25) is 4.57 Å². The van der Waals surface area contributed by atoms with Crippen LogP contribution in [0.2, 0.25) is 0 Å². The average molecular weight is 251 g/mol. The molecule has 0 aliphatic heterocycles. The van der Waals surface area contributed by atoms with E-state index in [2.05, 4.69) is 12.2 Å². The van der Waals surface area contributed by atoms with Crippen LogP contribution in [-0.2, 0) is 13.6 Å². The van der Waals surface area contributed by atoms with E-state index < -0.39 is 12.9 Å². The summed E-state index contributed by atoms with van der Waals surface area (Å²) in [6, 6.07) is 0. The van der Waals surface area contributed by atoms with Crippen molar-refractivity contribution in [1.29, 1.82) is 0 Å². The van der Waals surface area contributed by atoms with Crippen molar-refractivity contribution in [2.45, 2.75) is 52.7 Å². The third kappa shape index (κ3) is 4.54.